The maximum absolute atomic E-state index is 13.8. The number of rotatable bonds is 33. The number of ketones is 3. The zero-order valence-corrected chi connectivity index (χ0v) is 76.3. The molecule has 3 fully saturated rings. The molecule has 0 radical (unpaired) electrons. The zero-order chi connectivity index (χ0) is 87.6. The molecule has 3 unspecified atom stereocenters. The number of benzene rings is 12. The van der Waals surface area contributed by atoms with E-state index in [1.54, 1.807) is 9.36 Å². The minimum atomic E-state index is 0. The minimum Gasteiger partial charge on any atom is -0.377 e. The molecule has 4 N–H and O–H groups in total. The van der Waals surface area contributed by atoms with Gasteiger partial charge in [-0.25, -0.2) is 14.0 Å². The number of nitrogens with zero attached hydrogens (tertiary/aromatic N) is 9. The molecule has 650 valence electrons. The summed E-state index contributed by atoms with van der Waals surface area (Å²) < 4.78 is 5.37. The van der Waals surface area contributed by atoms with E-state index in [0.717, 1.165) is 107 Å². The first-order valence-electron chi connectivity index (χ1n) is 45.3. The number of aryl methyl sites for hydroxylation is 5. The number of Topliss-reactive ketones (excluding diaryl/α,β-unsaturated/α-hetero) is 3. The van der Waals surface area contributed by atoms with Gasteiger partial charge in [-0.1, -0.05) is 227 Å². The van der Waals surface area contributed by atoms with Crippen molar-refractivity contribution < 1.29 is 14.4 Å². The lowest BCUT2D eigenvalue weighted by molar-refractivity contribution is 0.0977. The first-order chi connectivity index (χ1) is 61.2. The molecule has 3 heterocycles. The van der Waals surface area contributed by atoms with Crippen LogP contribution in [0.4, 0.5) is 17.1 Å². The lowest BCUT2D eigenvalue weighted by atomic mass is 9.83. The van der Waals surface area contributed by atoms with Crippen LogP contribution in [-0.2, 0) is 38.6 Å². The Morgan fingerprint density at radius 2 is 0.677 bits per heavy atom. The molecular formula is C111H121ClN12O3. The van der Waals surface area contributed by atoms with Crippen molar-refractivity contribution in [1.82, 2.24) is 40.0 Å². The van der Waals surface area contributed by atoms with Gasteiger partial charge < -0.3 is 31.1 Å². The van der Waals surface area contributed by atoms with Crippen LogP contribution < -0.4 is 31.1 Å². The van der Waals surface area contributed by atoms with Gasteiger partial charge in [0.1, 0.15) is 17.1 Å². The maximum Gasteiger partial charge on any atom is 0.185 e. The summed E-state index contributed by atoms with van der Waals surface area (Å²) in [5.74, 6) is 2.83. The molecule has 15 aromatic rings. The Labute approximate surface area is 755 Å². The smallest absolute Gasteiger partial charge is 0.185 e. The second-order valence-corrected chi connectivity index (χ2v) is 35.7. The number of fused-ring (bicyclic) bond motifs is 3. The molecule has 0 spiro atoms. The van der Waals surface area contributed by atoms with Gasteiger partial charge in [0.2, 0.25) is 0 Å². The highest BCUT2D eigenvalue weighted by Crippen LogP contribution is 2.44. The van der Waals surface area contributed by atoms with Crippen molar-refractivity contribution in [3.05, 3.63) is 374 Å². The fourth-order valence-electron chi connectivity index (χ4n) is 18.1. The van der Waals surface area contributed by atoms with Crippen LogP contribution in [0.25, 0.3) is 49.4 Å². The van der Waals surface area contributed by atoms with Crippen LogP contribution in [0, 0.1) is 38.5 Å². The molecular weight excluding hydrogens is 1580 g/mol. The van der Waals surface area contributed by atoms with E-state index >= 15 is 0 Å². The number of aromatic nitrogens is 6. The second-order valence-electron chi connectivity index (χ2n) is 35.7. The molecule has 0 amide bonds. The highest BCUT2D eigenvalue weighted by atomic mass is 35.5. The van der Waals surface area contributed by atoms with Crippen LogP contribution in [-0.4, -0.2) is 102 Å². The summed E-state index contributed by atoms with van der Waals surface area (Å²) >= 11 is 0. The van der Waals surface area contributed by atoms with Gasteiger partial charge in [0.25, 0.3) is 0 Å². The summed E-state index contributed by atoms with van der Waals surface area (Å²) in [4.78, 5) is 47.8. The number of anilines is 3. The van der Waals surface area contributed by atoms with Crippen LogP contribution in [0.1, 0.15) is 199 Å². The van der Waals surface area contributed by atoms with Gasteiger partial charge in [-0.3, -0.25) is 14.4 Å². The number of nitrogens with one attached hydrogen (secondary N) is 2. The Bertz CT molecular complexity index is 5810. The summed E-state index contributed by atoms with van der Waals surface area (Å²) in [7, 11) is 12.6. The summed E-state index contributed by atoms with van der Waals surface area (Å²) in [6, 6.07) is 95.8. The third-order valence-corrected chi connectivity index (χ3v) is 25.3. The van der Waals surface area contributed by atoms with Gasteiger partial charge in [-0.15, -0.1) is 12.4 Å². The van der Waals surface area contributed by atoms with Crippen LogP contribution in [0.5, 0.6) is 0 Å². The molecule has 15 nitrogen and oxygen atoms in total. The van der Waals surface area contributed by atoms with Crippen molar-refractivity contribution in [3.8, 4) is 17.1 Å². The van der Waals surface area contributed by atoms with E-state index in [9.17, 15) is 14.4 Å². The monoisotopic (exact) mass is 1700 g/mol. The fraction of sp³-hybridized carbons (Fsp3) is 0.297. The van der Waals surface area contributed by atoms with Crippen molar-refractivity contribution in [2.75, 3.05) is 70.1 Å². The number of carbonyl (C=O) groups excluding carboxylic acids is 3. The average molecular weight is 1710 g/mol. The van der Waals surface area contributed by atoms with Gasteiger partial charge in [0, 0.05) is 107 Å². The highest BCUT2D eigenvalue weighted by molar-refractivity contribution is 6.01. The van der Waals surface area contributed by atoms with E-state index < -0.39 is 0 Å². The summed E-state index contributed by atoms with van der Waals surface area (Å²) in [6.45, 7) is 12.5. The Morgan fingerprint density at radius 3 is 1.03 bits per heavy atom. The predicted octanol–water partition coefficient (Wildman–Crippen LogP) is 23.0. The largest absolute Gasteiger partial charge is 0.377 e. The molecule has 3 saturated carbocycles. The average Bonchev–Trinajstić information content (AvgIpc) is 1.57. The molecule has 3 aliphatic carbocycles. The van der Waals surface area contributed by atoms with Gasteiger partial charge >= 0.3 is 0 Å². The number of halogens is 1. The summed E-state index contributed by atoms with van der Waals surface area (Å²) in [6.07, 6.45) is 13.1. The molecule has 3 aromatic heterocycles. The van der Waals surface area contributed by atoms with Crippen LogP contribution in [0.15, 0.2) is 273 Å². The first-order valence-corrected chi connectivity index (χ1v) is 45.3. The molecule has 0 bridgehead atoms. The van der Waals surface area contributed by atoms with Crippen molar-refractivity contribution in [2.45, 2.75) is 143 Å². The van der Waals surface area contributed by atoms with Crippen molar-refractivity contribution in [1.29, 1.82) is 0 Å². The molecule has 16 heteroatoms. The predicted molar refractivity (Wildman–Crippen MR) is 526 cm³/mol. The minimum absolute atomic E-state index is 0. The maximum atomic E-state index is 13.8. The normalized spacial score (nSPS) is 13.7. The first kappa shape index (κ1) is 89.5. The SMILES string of the molecule is CCc1cccc(-n2nc(C)cc2C(=O)Cc2cccc(C(CCC3CC3)c3ccc(N(C)C)c4ccccc34)c2)c1.CCc1cccc(-n2nc(C)cc2C(=O)Cc2cccc(C(NCC3CC3)c3ccc(N(C)C)c4ccccc34)c2)c1.Cc1cc(C(=O)Cc2cccc(C(NCC3CC3)c3ccc(N(C)C)c4ccccc34)c2)n(-c2cccc(CN)c2)n1.Cl. The summed E-state index contributed by atoms with van der Waals surface area (Å²) in [5.41, 5.74) is 30.7. The zero-order valence-electron chi connectivity index (χ0n) is 75.5. The molecule has 18 rings (SSSR count). The number of hydrogen-bond acceptors (Lipinski definition) is 12. The lowest BCUT2D eigenvalue weighted by Gasteiger charge is -2.24. The van der Waals surface area contributed by atoms with Crippen molar-refractivity contribution in [2.24, 2.45) is 23.5 Å². The third kappa shape index (κ3) is 21.3. The lowest BCUT2D eigenvalue weighted by Crippen LogP contribution is -2.25. The van der Waals surface area contributed by atoms with Crippen molar-refractivity contribution in [3.63, 3.8) is 0 Å². The van der Waals surface area contributed by atoms with E-state index in [-0.39, 0.29) is 47.8 Å². The van der Waals surface area contributed by atoms with Crippen LogP contribution in [0.3, 0.4) is 0 Å². The Balaban J connectivity index is 0.000000146. The Hall–Kier alpha value is -12.4. The Morgan fingerprint density at radius 1 is 0.362 bits per heavy atom. The van der Waals surface area contributed by atoms with E-state index in [4.69, 9.17) is 10.8 Å². The fourth-order valence-corrected chi connectivity index (χ4v) is 18.1. The van der Waals surface area contributed by atoms with Crippen LogP contribution >= 0.6 is 12.4 Å². The van der Waals surface area contributed by atoms with Crippen LogP contribution in [0.2, 0.25) is 0 Å². The molecule has 12 aromatic carbocycles. The van der Waals surface area contributed by atoms with E-state index in [1.807, 2.05) is 92.2 Å². The molecule has 3 aliphatic rings. The van der Waals surface area contributed by atoms with Crippen molar-refractivity contribution >= 4 is 79.1 Å². The quantitative estimate of drug-likeness (QED) is 0.0334. The highest BCUT2D eigenvalue weighted by Gasteiger charge is 2.31. The number of nitrogens with two attached hydrogens (primary N) is 1. The van der Waals surface area contributed by atoms with Gasteiger partial charge in [-0.2, -0.15) is 15.3 Å². The topological polar surface area (TPSA) is 164 Å². The number of carbonyl (C=O) groups is 3. The van der Waals surface area contributed by atoms with Gasteiger partial charge in [0.15, 0.2) is 17.3 Å². The standard InChI is InChI=1S/C38H41N3O.C37H40N4O.C36H39N5O.ClH/c1-5-27-10-9-13-31(24-27)41-37(22-26(2)39-41)38(42)25-29-11-8-12-30(23-29)32(19-18-28-16-17-28)34-20-21-36(40(3)4)35-15-7-6-14-33(34)35;1-5-26-10-9-13-30(22-26)41-35(20-25(2)39-41)36(42)23-28-11-8-12-29(21-28)37(38-24-27-16-17-27)33-18-19-34(40(3)4)32-15-7-6-14-31(32)33;1-24-18-34(41(39-24)29-11-7-9-27(20-29)22-37)35(42)21-26-8-6-10-28(19-26)36(38-23-25-14-15-25)32-16-17-33(40(2)3)31-13-5-4-12-30(31)32;/h6-15,20-24,28,32H,5,16-19,25H2,1-4H3;6-15,18-22,27,37-38H,5,16-17,23-24H2,1-4H3;4-13,16-20,25,36,38H,14-15,21-23,37H2,1-3H3;1H. The summed E-state index contributed by atoms with van der Waals surface area (Å²) in [5, 5.41) is 29.4. The van der Waals surface area contributed by atoms with E-state index in [2.05, 4.69) is 298 Å². The Kier molecular flexibility index (Phi) is 28.5. The molecule has 0 saturated heterocycles. The second kappa shape index (κ2) is 40.5. The molecule has 0 aliphatic heterocycles. The molecule has 3 atom stereocenters. The van der Waals surface area contributed by atoms with E-state index in [1.165, 1.54) is 139 Å². The molecule has 127 heavy (non-hydrogen) atoms. The third-order valence-electron chi connectivity index (χ3n) is 25.3. The van der Waals surface area contributed by atoms with E-state index in [0.29, 0.717) is 42.9 Å². The van der Waals surface area contributed by atoms with Gasteiger partial charge in [0.05, 0.1) is 46.2 Å². The van der Waals surface area contributed by atoms with Gasteiger partial charge in [-0.05, 0) is 259 Å². The number of hydrogen-bond donors (Lipinski definition) is 3.